The number of alkyl halides is 1. The fourth-order valence-electron chi connectivity index (χ4n) is 1.90. The van der Waals surface area contributed by atoms with Crippen LogP contribution in [-0.2, 0) is 9.47 Å². The molecule has 0 aliphatic carbocycles. The van der Waals surface area contributed by atoms with Crippen molar-refractivity contribution in [2.24, 2.45) is 5.92 Å². The van der Waals surface area contributed by atoms with Gasteiger partial charge in [0.25, 0.3) is 0 Å². The maximum Gasteiger partial charge on any atom is 0.237 e. The van der Waals surface area contributed by atoms with Crippen molar-refractivity contribution in [2.45, 2.75) is 19.6 Å². The highest BCUT2D eigenvalue weighted by molar-refractivity contribution is 6.18. The molecule has 0 N–H and O–H groups in total. The zero-order valence-corrected chi connectivity index (χ0v) is 12.0. The summed E-state index contributed by atoms with van der Waals surface area (Å²) < 4.78 is 10.7. The Morgan fingerprint density at radius 1 is 1.28 bits per heavy atom. The number of Topliss-reactive ketones (excluding diaryl/α,β-unsaturated/α-hetero) is 1. The largest absolute Gasteiger partial charge is 0.346 e. The minimum Gasteiger partial charge on any atom is -0.346 e. The van der Waals surface area contributed by atoms with Crippen molar-refractivity contribution in [3.8, 4) is 0 Å². The lowest BCUT2D eigenvalue weighted by atomic mass is 9.92. The highest BCUT2D eigenvalue weighted by Gasteiger charge is 2.44. The van der Waals surface area contributed by atoms with Crippen molar-refractivity contribution in [3.63, 3.8) is 0 Å². The molecule has 0 aliphatic rings. The lowest BCUT2D eigenvalue weighted by molar-refractivity contribution is -0.193. The van der Waals surface area contributed by atoms with Gasteiger partial charge in [0.05, 0.1) is 0 Å². The van der Waals surface area contributed by atoms with Crippen LogP contribution in [0.3, 0.4) is 0 Å². The van der Waals surface area contributed by atoms with Gasteiger partial charge in [0.1, 0.15) is 0 Å². The van der Waals surface area contributed by atoms with E-state index in [1.165, 1.54) is 14.2 Å². The predicted molar refractivity (Wildman–Crippen MR) is 72.1 cm³/mol. The highest BCUT2D eigenvalue weighted by Crippen LogP contribution is 2.28. The third-order valence-electron chi connectivity index (χ3n) is 3.12. The summed E-state index contributed by atoms with van der Waals surface area (Å²) in [5, 5.41) is 0. The zero-order chi connectivity index (χ0) is 13.8. The first-order valence-electron chi connectivity index (χ1n) is 5.79. The molecule has 0 aromatic heterocycles. The Bertz CT molecular complexity index is 396. The number of ketones is 1. The number of ether oxygens (including phenoxy) is 2. The van der Waals surface area contributed by atoms with Crippen LogP contribution in [0.15, 0.2) is 24.3 Å². The van der Waals surface area contributed by atoms with Gasteiger partial charge in [-0.25, -0.2) is 0 Å². The molecule has 0 spiro atoms. The minimum absolute atomic E-state index is 0.208. The molecule has 4 heteroatoms. The van der Waals surface area contributed by atoms with E-state index in [2.05, 4.69) is 0 Å². The molecule has 0 radical (unpaired) electrons. The molecular weight excluding hydrogens is 252 g/mol. The van der Waals surface area contributed by atoms with E-state index in [1.807, 2.05) is 26.0 Å². The Labute approximate surface area is 113 Å². The first-order valence-corrected chi connectivity index (χ1v) is 6.33. The van der Waals surface area contributed by atoms with Gasteiger partial charge in [-0.15, -0.1) is 11.6 Å². The number of hydrogen-bond donors (Lipinski definition) is 0. The first kappa shape index (κ1) is 15.2. The molecule has 0 saturated carbocycles. The van der Waals surface area contributed by atoms with E-state index in [9.17, 15) is 4.79 Å². The van der Waals surface area contributed by atoms with Crippen molar-refractivity contribution in [3.05, 3.63) is 35.4 Å². The molecule has 0 bridgehead atoms. The van der Waals surface area contributed by atoms with E-state index in [0.29, 0.717) is 5.56 Å². The summed E-state index contributed by atoms with van der Waals surface area (Å²) in [4.78, 5) is 12.5. The van der Waals surface area contributed by atoms with Crippen molar-refractivity contribution in [1.29, 1.82) is 0 Å². The van der Waals surface area contributed by atoms with Crippen LogP contribution < -0.4 is 0 Å². The maximum absolute atomic E-state index is 12.5. The summed E-state index contributed by atoms with van der Waals surface area (Å²) in [5.41, 5.74) is 1.65. The predicted octanol–water partition coefficient (Wildman–Crippen LogP) is 3.04. The molecule has 0 fully saturated rings. The van der Waals surface area contributed by atoms with Gasteiger partial charge in [0.15, 0.2) is 0 Å². The van der Waals surface area contributed by atoms with Gasteiger partial charge in [-0.05, 0) is 6.92 Å². The summed E-state index contributed by atoms with van der Waals surface area (Å²) in [7, 11) is 2.91. The number of rotatable bonds is 6. The zero-order valence-electron chi connectivity index (χ0n) is 11.2. The van der Waals surface area contributed by atoms with Crippen LogP contribution in [0.1, 0.15) is 22.8 Å². The topological polar surface area (TPSA) is 35.5 Å². The molecule has 1 rings (SSSR count). The van der Waals surface area contributed by atoms with Gasteiger partial charge in [-0.3, -0.25) is 4.79 Å². The van der Waals surface area contributed by atoms with Gasteiger partial charge < -0.3 is 9.47 Å². The molecule has 100 valence electrons. The van der Waals surface area contributed by atoms with Crippen LogP contribution in [0.4, 0.5) is 0 Å². The van der Waals surface area contributed by atoms with Gasteiger partial charge in [-0.2, -0.15) is 0 Å². The Balaban J connectivity index is 3.14. The molecule has 0 aliphatic heterocycles. The molecule has 0 heterocycles. The van der Waals surface area contributed by atoms with Crippen LogP contribution in [0.5, 0.6) is 0 Å². The summed E-state index contributed by atoms with van der Waals surface area (Å²) in [6.07, 6.45) is 0. The lowest BCUT2D eigenvalue weighted by Crippen LogP contribution is -2.49. The Hall–Kier alpha value is -0.900. The molecule has 18 heavy (non-hydrogen) atoms. The average Bonchev–Trinajstić information content (AvgIpc) is 2.41. The van der Waals surface area contributed by atoms with Crippen LogP contribution in [-0.4, -0.2) is 31.7 Å². The highest BCUT2D eigenvalue weighted by atomic mass is 35.5. The standard InChI is InChI=1S/C14H19ClO3/c1-10-5-7-12(8-6-10)13(16)14(17-3,18-4)11(2)9-15/h5-8,11H,9H2,1-4H3. The minimum atomic E-state index is -1.32. The second-order valence-electron chi connectivity index (χ2n) is 4.33. The molecule has 1 unspecified atom stereocenters. The van der Waals surface area contributed by atoms with Crippen LogP contribution in [0.2, 0.25) is 0 Å². The fourth-order valence-corrected chi connectivity index (χ4v) is 2.11. The van der Waals surface area contributed by atoms with Crippen LogP contribution >= 0.6 is 11.6 Å². The SMILES string of the molecule is COC(OC)(C(=O)c1ccc(C)cc1)C(C)CCl. The molecule has 1 atom stereocenters. The Kier molecular flexibility index (Phi) is 5.32. The van der Waals surface area contributed by atoms with Crippen molar-refractivity contribution in [2.75, 3.05) is 20.1 Å². The molecule has 0 saturated heterocycles. The number of hydrogen-bond acceptors (Lipinski definition) is 3. The van der Waals surface area contributed by atoms with E-state index in [4.69, 9.17) is 21.1 Å². The molecule has 0 amide bonds. The van der Waals surface area contributed by atoms with Gasteiger partial charge in [0, 0.05) is 31.6 Å². The van der Waals surface area contributed by atoms with Gasteiger partial charge in [-0.1, -0.05) is 36.8 Å². The number of carbonyl (C=O) groups is 1. The average molecular weight is 271 g/mol. The smallest absolute Gasteiger partial charge is 0.237 e. The number of methoxy groups -OCH3 is 2. The first-order chi connectivity index (χ1) is 8.51. The number of aryl methyl sites for hydroxylation is 1. The molecule has 1 aromatic rings. The van der Waals surface area contributed by atoms with Crippen molar-refractivity contribution < 1.29 is 14.3 Å². The van der Waals surface area contributed by atoms with E-state index >= 15 is 0 Å². The second kappa shape index (κ2) is 6.32. The van der Waals surface area contributed by atoms with E-state index in [1.54, 1.807) is 12.1 Å². The molecule has 1 aromatic carbocycles. The monoisotopic (exact) mass is 270 g/mol. The normalized spacial score (nSPS) is 13.4. The summed E-state index contributed by atoms with van der Waals surface area (Å²) in [5.74, 6) is -1.50. The Morgan fingerprint density at radius 2 is 1.78 bits per heavy atom. The molecular formula is C14H19ClO3. The van der Waals surface area contributed by atoms with Crippen molar-refractivity contribution in [1.82, 2.24) is 0 Å². The van der Waals surface area contributed by atoms with Gasteiger partial charge in [0.2, 0.25) is 11.6 Å². The fraction of sp³-hybridized carbons (Fsp3) is 0.500. The number of benzene rings is 1. The third kappa shape index (κ3) is 2.74. The van der Waals surface area contributed by atoms with Gasteiger partial charge >= 0.3 is 0 Å². The van der Waals surface area contributed by atoms with Crippen molar-refractivity contribution >= 4 is 17.4 Å². The quantitative estimate of drug-likeness (QED) is 0.453. The summed E-state index contributed by atoms with van der Waals surface area (Å²) >= 11 is 5.84. The number of carbonyl (C=O) groups excluding carboxylic acids is 1. The summed E-state index contributed by atoms with van der Waals surface area (Å²) in [6.45, 7) is 3.79. The number of halogens is 1. The molecule has 3 nitrogen and oxygen atoms in total. The van der Waals surface area contributed by atoms with E-state index < -0.39 is 5.79 Å². The van der Waals surface area contributed by atoms with Crippen LogP contribution in [0, 0.1) is 12.8 Å². The second-order valence-corrected chi connectivity index (χ2v) is 4.63. The maximum atomic E-state index is 12.5. The van der Waals surface area contributed by atoms with E-state index in [-0.39, 0.29) is 17.6 Å². The third-order valence-corrected chi connectivity index (χ3v) is 3.58. The van der Waals surface area contributed by atoms with E-state index in [0.717, 1.165) is 5.56 Å². The lowest BCUT2D eigenvalue weighted by Gasteiger charge is -2.33. The summed E-state index contributed by atoms with van der Waals surface area (Å²) in [6, 6.07) is 7.31. The Morgan fingerprint density at radius 3 is 2.17 bits per heavy atom. The van der Waals surface area contributed by atoms with Crippen LogP contribution in [0.25, 0.3) is 0 Å².